The maximum atomic E-state index is 12.2. The molecule has 3 aliphatic rings. The summed E-state index contributed by atoms with van der Waals surface area (Å²) in [5, 5.41) is 19.3. The van der Waals surface area contributed by atoms with Crippen LogP contribution in [0.4, 0.5) is 18.0 Å². The van der Waals surface area contributed by atoms with E-state index in [4.69, 9.17) is 19.7 Å². The number of alkyl halides is 3. The Morgan fingerprint density at radius 2 is 1.90 bits per heavy atom. The molecule has 2 fully saturated rings. The van der Waals surface area contributed by atoms with E-state index in [2.05, 4.69) is 10.3 Å². The molecule has 2 saturated heterocycles. The smallest absolute Gasteiger partial charge is 0.475 e. The molecule has 1 unspecified atom stereocenters. The molecule has 13 heteroatoms. The lowest BCUT2D eigenvalue weighted by Gasteiger charge is -2.48. The molecule has 4 rings (SSSR count). The maximum absolute atomic E-state index is 12.2. The van der Waals surface area contributed by atoms with Gasteiger partial charge in [-0.3, -0.25) is 14.7 Å². The fraction of sp³-hybridized carbons (Fsp3) is 0.375. The molecular weight excluding hydrogens is 419 g/mol. The number of amides is 1. The average molecular weight is 433 g/mol. The number of hydrogen-bond acceptors (Lipinski definition) is 7. The van der Waals surface area contributed by atoms with Crippen LogP contribution in [0, 0.1) is 5.92 Å². The van der Waals surface area contributed by atoms with Crippen LogP contribution < -0.4 is 5.32 Å². The second kappa shape index (κ2) is 7.91. The summed E-state index contributed by atoms with van der Waals surface area (Å²) in [6.45, 7) is 0.742. The second-order valence-corrected chi connectivity index (χ2v) is 7.27. The van der Waals surface area contributed by atoms with Crippen LogP contribution in [0.2, 0.25) is 0 Å². The summed E-state index contributed by atoms with van der Waals surface area (Å²) in [5.41, 5.74) is 0. The van der Waals surface area contributed by atoms with Crippen molar-refractivity contribution < 1.29 is 42.5 Å². The van der Waals surface area contributed by atoms with Gasteiger partial charge in [-0.1, -0.05) is 11.8 Å². The number of rotatable bonds is 3. The van der Waals surface area contributed by atoms with E-state index in [-0.39, 0.29) is 29.8 Å². The molecule has 0 saturated carbocycles. The number of ether oxygens (including phenoxy) is 1. The number of pyridine rings is 1. The SMILES string of the molecule is O=C(O)C(F)(F)F.O=C(O)OC1=C(Sc2ccncc2)C2CCN[C@@H]3C(=O)N1[C@H]23. The lowest BCUT2D eigenvalue weighted by Crippen LogP contribution is -2.71. The number of nitrogens with one attached hydrogen (secondary N) is 1. The van der Waals surface area contributed by atoms with E-state index >= 15 is 0 Å². The summed E-state index contributed by atoms with van der Waals surface area (Å²) in [4.78, 5) is 39.3. The van der Waals surface area contributed by atoms with Crippen molar-refractivity contribution in [3.63, 3.8) is 0 Å². The van der Waals surface area contributed by atoms with E-state index in [0.717, 1.165) is 22.8 Å². The molecule has 9 nitrogen and oxygen atoms in total. The fourth-order valence-electron chi connectivity index (χ4n) is 3.33. The van der Waals surface area contributed by atoms with Crippen molar-refractivity contribution in [1.29, 1.82) is 0 Å². The minimum atomic E-state index is -5.08. The Labute approximate surface area is 165 Å². The molecule has 3 N–H and O–H groups in total. The Morgan fingerprint density at radius 1 is 1.28 bits per heavy atom. The molecular formula is C16H14F3N3O6S. The number of halogens is 3. The third-order valence-corrected chi connectivity index (χ3v) is 5.65. The topological polar surface area (TPSA) is 129 Å². The predicted molar refractivity (Wildman–Crippen MR) is 90.5 cm³/mol. The zero-order valence-corrected chi connectivity index (χ0v) is 15.2. The van der Waals surface area contributed by atoms with Crippen LogP contribution in [0.5, 0.6) is 0 Å². The van der Waals surface area contributed by atoms with Crippen molar-refractivity contribution in [3.8, 4) is 0 Å². The molecule has 0 spiro atoms. The Kier molecular flexibility index (Phi) is 5.71. The Bertz CT molecular complexity index is 863. The quantitative estimate of drug-likeness (QED) is 0.483. The highest BCUT2D eigenvalue weighted by molar-refractivity contribution is 8.03. The highest BCUT2D eigenvalue weighted by atomic mass is 32.2. The highest BCUT2D eigenvalue weighted by Gasteiger charge is 2.61. The minimum absolute atomic E-state index is 0.0278. The first kappa shape index (κ1) is 20.9. The number of β-lactam (4-membered cyclic amide) rings is 1. The Balaban J connectivity index is 0.000000298. The summed E-state index contributed by atoms with van der Waals surface area (Å²) in [6.07, 6.45) is -2.27. The van der Waals surface area contributed by atoms with Gasteiger partial charge in [0.15, 0.2) is 0 Å². The first-order chi connectivity index (χ1) is 13.6. The predicted octanol–water partition coefficient (Wildman–Crippen LogP) is 1.87. The van der Waals surface area contributed by atoms with Gasteiger partial charge in [-0.05, 0) is 25.1 Å². The van der Waals surface area contributed by atoms with E-state index in [1.54, 1.807) is 12.4 Å². The number of carbonyl (C=O) groups excluding carboxylic acids is 1. The molecule has 0 radical (unpaired) electrons. The monoisotopic (exact) mass is 433 g/mol. The number of carboxylic acid groups (broad SMARTS) is 2. The maximum Gasteiger partial charge on any atom is 0.512 e. The second-order valence-electron chi connectivity index (χ2n) is 6.15. The van der Waals surface area contributed by atoms with Gasteiger partial charge in [0, 0.05) is 23.2 Å². The van der Waals surface area contributed by atoms with Gasteiger partial charge in [0.25, 0.3) is 0 Å². The van der Waals surface area contributed by atoms with E-state index in [1.165, 1.54) is 16.7 Å². The number of hydrogen-bond donors (Lipinski definition) is 3. The molecule has 1 amide bonds. The van der Waals surface area contributed by atoms with Gasteiger partial charge in [0.1, 0.15) is 6.04 Å². The third kappa shape index (κ3) is 4.15. The molecule has 4 heterocycles. The number of nitrogens with zero attached hydrogens (tertiary/aromatic N) is 2. The number of piperidine rings is 1. The van der Waals surface area contributed by atoms with Crippen LogP contribution in [0.1, 0.15) is 6.42 Å². The normalized spacial score (nSPS) is 24.9. The largest absolute Gasteiger partial charge is 0.512 e. The van der Waals surface area contributed by atoms with Crippen molar-refractivity contribution in [2.75, 3.05) is 6.54 Å². The molecule has 0 bridgehead atoms. The molecule has 156 valence electrons. The van der Waals surface area contributed by atoms with Crippen molar-refractivity contribution >= 4 is 29.8 Å². The van der Waals surface area contributed by atoms with E-state index in [9.17, 15) is 22.8 Å². The van der Waals surface area contributed by atoms with Crippen LogP contribution in [0.25, 0.3) is 0 Å². The number of thioether (sulfide) groups is 1. The molecule has 0 aromatic carbocycles. The highest BCUT2D eigenvalue weighted by Crippen LogP contribution is 2.51. The van der Waals surface area contributed by atoms with Gasteiger partial charge >= 0.3 is 18.3 Å². The van der Waals surface area contributed by atoms with Crippen LogP contribution in [-0.2, 0) is 14.3 Å². The van der Waals surface area contributed by atoms with Crippen LogP contribution in [-0.4, -0.2) is 62.9 Å². The summed E-state index contributed by atoms with van der Waals surface area (Å²) < 4.78 is 36.7. The zero-order valence-electron chi connectivity index (χ0n) is 14.4. The van der Waals surface area contributed by atoms with Gasteiger partial charge < -0.3 is 20.3 Å². The first-order valence-corrected chi connectivity index (χ1v) is 9.02. The fourth-order valence-corrected chi connectivity index (χ4v) is 4.48. The van der Waals surface area contributed by atoms with E-state index in [1.807, 2.05) is 12.1 Å². The molecule has 29 heavy (non-hydrogen) atoms. The summed E-state index contributed by atoms with van der Waals surface area (Å²) in [5.74, 6) is -2.57. The zero-order chi connectivity index (χ0) is 21.3. The first-order valence-electron chi connectivity index (χ1n) is 8.20. The molecule has 3 aliphatic heterocycles. The lowest BCUT2D eigenvalue weighted by molar-refractivity contribution is -0.192. The van der Waals surface area contributed by atoms with Crippen LogP contribution in [0.3, 0.4) is 0 Å². The van der Waals surface area contributed by atoms with Gasteiger partial charge in [-0.2, -0.15) is 13.2 Å². The van der Waals surface area contributed by atoms with Crippen molar-refractivity contribution in [1.82, 2.24) is 15.2 Å². The van der Waals surface area contributed by atoms with Crippen LogP contribution >= 0.6 is 11.8 Å². The van der Waals surface area contributed by atoms with Crippen molar-refractivity contribution in [2.24, 2.45) is 5.92 Å². The van der Waals surface area contributed by atoms with Crippen molar-refractivity contribution in [3.05, 3.63) is 35.3 Å². The van der Waals surface area contributed by atoms with Gasteiger partial charge in [0.05, 0.1) is 10.9 Å². The summed E-state index contributed by atoms with van der Waals surface area (Å²) >= 11 is 1.45. The number of carbonyl (C=O) groups is 3. The molecule has 1 aromatic heterocycles. The van der Waals surface area contributed by atoms with Crippen molar-refractivity contribution in [2.45, 2.75) is 29.6 Å². The average Bonchev–Trinajstić information content (AvgIpc) is 2.93. The number of carboxylic acids is 1. The summed E-state index contributed by atoms with van der Waals surface area (Å²) in [7, 11) is 0. The summed E-state index contributed by atoms with van der Waals surface area (Å²) in [6, 6.07) is 3.46. The van der Waals surface area contributed by atoms with E-state index < -0.39 is 18.3 Å². The van der Waals surface area contributed by atoms with Gasteiger partial charge in [-0.25, -0.2) is 9.59 Å². The molecule has 1 aromatic rings. The lowest BCUT2D eigenvalue weighted by atomic mass is 9.82. The molecule has 3 atom stereocenters. The number of aromatic nitrogens is 1. The molecule has 0 aliphatic carbocycles. The van der Waals surface area contributed by atoms with Gasteiger partial charge in [0.2, 0.25) is 11.8 Å². The number of aliphatic carboxylic acids is 1. The van der Waals surface area contributed by atoms with Crippen LogP contribution in [0.15, 0.2) is 40.2 Å². The standard InChI is InChI=1S/C14H13N3O4S.C2HF3O2/c18-12-9-10-8(3-6-16-9)11(13(17(10)12)21-14(19)20)22-7-1-4-15-5-2-7;3-2(4,5)1(6)7/h1-2,4-5,8-10,16H,3,6H2,(H,19,20);(H,6,7)/t8?,9-,10+;/m0./s1. The Morgan fingerprint density at radius 3 is 2.45 bits per heavy atom. The van der Waals surface area contributed by atoms with E-state index in [0.29, 0.717) is 0 Å². The Hall–Kier alpha value is -2.80. The minimum Gasteiger partial charge on any atom is -0.475 e. The van der Waals surface area contributed by atoms with Gasteiger partial charge in [-0.15, -0.1) is 0 Å². The third-order valence-electron chi connectivity index (χ3n) is 4.45.